The van der Waals surface area contributed by atoms with Gasteiger partial charge >= 0.3 is 0 Å². The zero-order valence-electron chi connectivity index (χ0n) is 18.2. The van der Waals surface area contributed by atoms with Crippen molar-refractivity contribution in [2.45, 2.75) is 56.8 Å². The van der Waals surface area contributed by atoms with Gasteiger partial charge in [0.2, 0.25) is 5.91 Å². The normalized spacial score (nSPS) is 14.3. The predicted molar refractivity (Wildman–Crippen MR) is 124 cm³/mol. The van der Waals surface area contributed by atoms with Crippen LogP contribution in [0.5, 0.6) is 0 Å². The topological polar surface area (TPSA) is 89.2 Å². The van der Waals surface area contributed by atoms with Crippen molar-refractivity contribution >= 4 is 23.6 Å². The standard InChI is InChI=1S/C24H28N4O3S/c1-17-7-12-21(31-17)15-26-23(30)18-8-10-20(11-9-18)28-14-13-25-24(28)32-16-22(29)27-19-5-3-2-4-6-19/h7-14,19H,2-6,15-16H2,1H3,(H,26,30)(H,27,29). The molecule has 0 atom stereocenters. The highest BCUT2D eigenvalue weighted by Crippen LogP contribution is 2.22. The number of thioether (sulfide) groups is 1. The van der Waals surface area contributed by atoms with Crippen LogP contribution in [-0.2, 0) is 11.3 Å². The summed E-state index contributed by atoms with van der Waals surface area (Å²) in [6, 6.07) is 11.3. The number of aromatic nitrogens is 2. The van der Waals surface area contributed by atoms with E-state index in [9.17, 15) is 9.59 Å². The van der Waals surface area contributed by atoms with Crippen LogP contribution in [0.15, 0.2) is 58.4 Å². The highest BCUT2D eigenvalue weighted by molar-refractivity contribution is 7.99. The van der Waals surface area contributed by atoms with E-state index in [4.69, 9.17) is 4.42 Å². The molecule has 2 amide bonds. The minimum atomic E-state index is -0.162. The average Bonchev–Trinajstić information content (AvgIpc) is 3.45. The van der Waals surface area contributed by atoms with Gasteiger partial charge in [0, 0.05) is 29.7 Å². The molecule has 0 aliphatic heterocycles. The Morgan fingerprint density at radius 1 is 1.12 bits per heavy atom. The fraction of sp³-hybridized carbons (Fsp3) is 0.375. The smallest absolute Gasteiger partial charge is 0.251 e. The molecule has 2 aromatic heterocycles. The van der Waals surface area contributed by atoms with Gasteiger partial charge in [0.15, 0.2) is 5.16 Å². The molecular weight excluding hydrogens is 424 g/mol. The van der Waals surface area contributed by atoms with Gasteiger partial charge in [-0.05, 0) is 56.2 Å². The van der Waals surface area contributed by atoms with E-state index in [2.05, 4.69) is 15.6 Å². The summed E-state index contributed by atoms with van der Waals surface area (Å²) < 4.78 is 7.40. The van der Waals surface area contributed by atoms with Crippen LogP contribution in [-0.4, -0.2) is 33.2 Å². The first-order chi connectivity index (χ1) is 15.6. The van der Waals surface area contributed by atoms with Gasteiger partial charge in [0.05, 0.1) is 12.3 Å². The molecule has 32 heavy (non-hydrogen) atoms. The minimum Gasteiger partial charge on any atom is -0.465 e. The van der Waals surface area contributed by atoms with Crippen LogP contribution in [0.25, 0.3) is 5.69 Å². The Hall–Kier alpha value is -3.00. The van der Waals surface area contributed by atoms with Crippen LogP contribution in [0.3, 0.4) is 0 Å². The lowest BCUT2D eigenvalue weighted by Gasteiger charge is -2.22. The third-order valence-electron chi connectivity index (χ3n) is 5.54. The Morgan fingerprint density at radius 2 is 1.91 bits per heavy atom. The molecule has 0 saturated heterocycles. The molecule has 0 spiro atoms. The molecule has 0 radical (unpaired) electrons. The summed E-state index contributed by atoms with van der Waals surface area (Å²) in [6.07, 6.45) is 9.38. The number of carbonyl (C=O) groups excluding carboxylic acids is 2. The Morgan fingerprint density at radius 3 is 2.62 bits per heavy atom. The molecule has 1 saturated carbocycles. The van der Waals surface area contributed by atoms with Gasteiger partial charge < -0.3 is 15.1 Å². The van der Waals surface area contributed by atoms with Gasteiger partial charge in [-0.3, -0.25) is 14.2 Å². The average molecular weight is 453 g/mol. The van der Waals surface area contributed by atoms with Gasteiger partial charge in [-0.1, -0.05) is 31.0 Å². The van der Waals surface area contributed by atoms with Crippen molar-refractivity contribution in [1.29, 1.82) is 0 Å². The number of imidazole rings is 1. The maximum absolute atomic E-state index is 12.4. The number of aryl methyl sites for hydroxylation is 1. The number of hydrogen-bond acceptors (Lipinski definition) is 5. The Labute approximate surface area is 192 Å². The zero-order valence-corrected chi connectivity index (χ0v) is 19.0. The van der Waals surface area contributed by atoms with Crippen LogP contribution in [0, 0.1) is 6.92 Å². The zero-order chi connectivity index (χ0) is 22.3. The SMILES string of the molecule is Cc1ccc(CNC(=O)c2ccc(-n3ccnc3SCC(=O)NC3CCCCC3)cc2)o1. The predicted octanol–water partition coefficient (Wildman–Crippen LogP) is 4.24. The number of benzene rings is 1. The molecule has 168 valence electrons. The van der Waals surface area contributed by atoms with E-state index in [1.54, 1.807) is 18.3 Å². The maximum Gasteiger partial charge on any atom is 0.251 e. The quantitative estimate of drug-likeness (QED) is 0.499. The van der Waals surface area contributed by atoms with E-state index < -0.39 is 0 Å². The van der Waals surface area contributed by atoms with Crippen molar-refractivity contribution < 1.29 is 14.0 Å². The summed E-state index contributed by atoms with van der Waals surface area (Å²) in [5.41, 5.74) is 1.45. The van der Waals surface area contributed by atoms with E-state index in [-0.39, 0.29) is 11.8 Å². The molecule has 0 unspecified atom stereocenters. The third-order valence-corrected chi connectivity index (χ3v) is 6.50. The van der Waals surface area contributed by atoms with Gasteiger partial charge in [0.25, 0.3) is 5.91 Å². The number of furan rings is 1. The van der Waals surface area contributed by atoms with Gasteiger partial charge in [-0.2, -0.15) is 0 Å². The second kappa shape index (κ2) is 10.5. The van der Waals surface area contributed by atoms with Crippen LogP contribution >= 0.6 is 11.8 Å². The first-order valence-electron chi connectivity index (χ1n) is 11.0. The van der Waals surface area contributed by atoms with E-state index in [0.717, 1.165) is 35.2 Å². The van der Waals surface area contributed by atoms with Crippen molar-refractivity contribution in [3.05, 3.63) is 65.9 Å². The molecule has 1 aromatic carbocycles. The number of hydrogen-bond donors (Lipinski definition) is 2. The number of rotatable bonds is 8. The second-order valence-corrected chi connectivity index (χ2v) is 8.96. The molecule has 0 bridgehead atoms. The lowest BCUT2D eigenvalue weighted by atomic mass is 9.95. The molecular formula is C24H28N4O3S. The molecule has 2 heterocycles. The van der Waals surface area contributed by atoms with Crippen LogP contribution in [0.2, 0.25) is 0 Å². The first kappa shape index (κ1) is 22.2. The molecule has 8 heteroatoms. The highest BCUT2D eigenvalue weighted by atomic mass is 32.2. The Kier molecular flexibility index (Phi) is 7.32. The highest BCUT2D eigenvalue weighted by Gasteiger charge is 2.16. The van der Waals surface area contributed by atoms with Crippen molar-refractivity contribution in [3.63, 3.8) is 0 Å². The fourth-order valence-corrected chi connectivity index (χ4v) is 4.65. The van der Waals surface area contributed by atoms with Crippen molar-refractivity contribution in [3.8, 4) is 5.69 Å². The van der Waals surface area contributed by atoms with Crippen LogP contribution in [0.1, 0.15) is 54.0 Å². The number of carbonyl (C=O) groups is 2. The minimum absolute atomic E-state index is 0.0511. The second-order valence-electron chi connectivity index (χ2n) is 8.01. The molecule has 4 rings (SSSR count). The first-order valence-corrected chi connectivity index (χ1v) is 12.0. The Balaban J connectivity index is 1.31. The van der Waals surface area contributed by atoms with Crippen LogP contribution in [0.4, 0.5) is 0 Å². The summed E-state index contributed by atoms with van der Waals surface area (Å²) in [7, 11) is 0. The summed E-state index contributed by atoms with van der Waals surface area (Å²) in [5, 5.41) is 6.74. The summed E-state index contributed by atoms with van der Waals surface area (Å²) >= 11 is 1.41. The monoisotopic (exact) mass is 452 g/mol. The Bertz CT molecular complexity index is 1050. The molecule has 2 N–H and O–H groups in total. The van der Waals surface area contributed by atoms with E-state index in [0.29, 0.717) is 23.9 Å². The van der Waals surface area contributed by atoms with E-state index >= 15 is 0 Å². The van der Waals surface area contributed by atoms with Crippen molar-refractivity contribution in [2.75, 3.05) is 5.75 Å². The molecule has 1 aliphatic rings. The lowest BCUT2D eigenvalue weighted by molar-refractivity contribution is -0.119. The maximum atomic E-state index is 12.4. The van der Waals surface area contributed by atoms with Crippen LogP contribution < -0.4 is 10.6 Å². The number of amides is 2. The number of nitrogens with one attached hydrogen (secondary N) is 2. The largest absolute Gasteiger partial charge is 0.465 e. The van der Waals surface area contributed by atoms with Crippen molar-refractivity contribution in [1.82, 2.24) is 20.2 Å². The fourth-order valence-electron chi connectivity index (χ4n) is 3.86. The summed E-state index contributed by atoms with van der Waals surface area (Å²) in [5.74, 6) is 1.76. The van der Waals surface area contributed by atoms with Gasteiger partial charge in [-0.25, -0.2) is 4.98 Å². The molecule has 1 fully saturated rings. The molecule has 1 aliphatic carbocycles. The van der Waals surface area contributed by atoms with Crippen molar-refractivity contribution in [2.24, 2.45) is 0 Å². The van der Waals surface area contributed by atoms with Gasteiger partial charge in [-0.15, -0.1) is 0 Å². The van der Waals surface area contributed by atoms with E-state index in [1.165, 1.54) is 31.0 Å². The van der Waals surface area contributed by atoms with Gasteiger partial charge in [0.1, 0.15) is 11.5 Å². The third kappa shape index (κ3) is 5.82. The summed E-state index contributed by atoms with van der Waals surface area (Å²) in [6.45, 7) is 2.22. The number of nitrogens with zero attached hydrogens (tertiary/aromatic N) is 2. The molecule has 7 nitrogen and oxygen atoms in total. The van der Waals surface area contributed by atoms with E-state index in [1.807, 2.05) is 42.0 Å². The molecule has 3 aromatic rings. The lowest BCUT2D eigenvalue weighted by Crippen LogP contribution is -2.37. The summed E-state index contributed by atoms with van der Waals surface area (Å²) in [4.78, 5) is 29.1.